The van der Waals surface area contributed by atoms with Crippen LogP contribution in [0.1, 0.15) is 36.7 Å². The molecular formula is C23H24ClNO3. The molecule has 0 radical (unpaired) electrons. The molecular weight excluding hydrogens is 374 g/mol. The number of furan rings is 1. The van der Waals surface area contributed by atoms with Gasteiger partial charge in [0.2, 0.25) is 0 Å². The molecule has 0 spiro atoms. The van der Waals surface area contributed by atoms with Gasteiger partial charge in [-0.15, -0.1) is 0 Å². The van der Waals surface area contributed by atoms with Gasteiger partial charge in [-0.25, -0.2) is 0 Å². The van der Waals surface area contributed by atoms with Crippen LogP contribution >= 0.6 is 11.6 Å². The fourth-order valence-corrected chi connectivity index (χ4v) is 3.08. The monoisotopic (exact) mass is 397 g/mol. The molecule has 146 valence electrons. The molecule has 0 bridgehead atoms. The first-order valence-electron chi connectivity index (χ1n) is 9.28. The summed E-state index contributed by atoms with van der Waals surface area (Å²) in [5, 5.41) is 0.643. The van der Waals surface area contributed by atoms with Gasteiger partial charge in [0.25, 0.3) is 5.91 Å². The molecule has 0 saturated heterocycles. The molecule has 0 aliphatic heterocycles. The Bertz CT molecular complexity index is 888. The lowest BCUT2D eigenvalue weighted by atomic mass is 10.0. The van der Waals surface area contributed by atoms with Gasteiger partial charge in [-0.1, -0.05) is 49.7 Å². The zero-order valence-electron chi connectivity index (χ0n) is 16.1. The molecule has 3 aromatic rings. The highest BCUT2D eigenvalue weighted by molar-refractivity contribution is 6.30. The van der Waals surface area contributed by atoms with Gasteiger partial charge in [-0.3, -0.25) is 4.79 Å². The predicted molar refractivity (Wildman–Crippen MR) is 110 cm³/mol. The molecule has 0 N–H and O–H groups in total. The van der Waals surface area contributed by atoms with Gasteiger partial charge in [-0.2, -0.15) is 0 Å². The molecule has 0 aliphatic rings. The largest absolute Gasteiger partial charge is 0.484 e. The predicted octanol–water partition coefficient (Wildman–Crippen LogP) is 5.66. The van der Waals surface area contributed by atoms with Crippen LogP contribution in [0.4, 0.5) is 0 Å². The Morgan fingerprint density at radius 3 is 2.50 bits per heavy atom. The molecule has 1 aromatic heterocycles. The lowest BCUT2D eigenvalue weighted by molar-refractivity contribution is -0.134. The summed E-state index contributed by atoms with van der Waals surface area (Å²) in [7, 11) is 0. The molecule has 5 heteroatoms. The van der Waals surface area contributed by atoms with Gasteiger partial charge in [0.15, 0.2) is 6.61 Å². The summed E-state index contributed by atoms with van der Waals surface area (Å²) in [5.41, 5.74) is 2.19. The number of benzene rings is 2. The van der Waals surface area contributed by atoms with E-state index < -0.39 is 0 Å². The third kappa shape index (κ3) is 5.64. The lowest BCUT2D eigenvalue weighted by Crippen LogP contribution is -2.34. The summed E-state index contributed by atoms with van der Waals surface area (Å²) in [6, 6.07) is 19.0. The number of rotatable bonds is 8. The van der Waals surface area contributed by atoms with Crippen molar-refractivity contribution in [2.75, 3.05) is 6.61 Å². The van der Waals surface area contributed by atoms with E-state index in [1.807, 2.05) is 60.7 Å². The zero-order valence-corrected chi connectivity index (χ0v) is 16.9. The summed E-state index contributed by atoms with van der Waals surface area (Å²) >= 11 is 6.08. The standard InChI is InChI=1S/C23H24ClNO3/c1-17(2)19-8-10-21(11-9-19)28-16-23(26)25(15-22-7-4-12-27-22)14-18-5-3-6-20(24)13-18/h3-13,17H,14-16H2,1-2H3. The maximum atomic E-state index is 12.8. The van der Waals surface area contributed by atoms with Crippen LogP contribution in [-0.2, 0) is 17.9 Å². The molecule has 0 aliphatic carbocycles. The van der Waals surface area contributed by atoms with E-state index in [-0.39, 0.29) is 12.5 Å². The Morgan fingerprint density at radius 1 is 1.07 bits per heavy atom. The third-order valence-corrected chi connectivity index (χ3v) is 4.69. The van der Waals surface area contributed by atoms with Crippen molar-refractivity contribution in [2.45, 2.75) is 32.9 Å². The van der Waals surface area contributed by atoms with Crippen molar-refractivity contribution in [3.05, 3.63) is 88.8 Å². The van der Waals surface area contributed by atoms with E-state index in [0.717, 1.165) is 11.3 Å². The van der Waals surface area contributed by atoms with Crippen LogP contribution < -0.4 is 4.74 Å². The zero-order chi connectivity index (χ0) is 19.9. The maximum absolute atomic E-state index is 12.8. The molecule has 0 atom stereocenters. The molecule has 1 heterocycles. The Labute approximate surface area is 170 Å². The molecule has 4 nitrogen and oxygen atoms in total. The molecule has 1 amide bonds. The minimum Gasteiger partial charge on any atom is -0.484 e. The second-order valence-electron chi connectivity index (χ2n) is 6.97. The van der Waals surface area contributed by atoms with Gasteiger partial charge >= 0.3 is 0 Å². The highest BCUT2D eigenvalue weighted by atomic mass is 35.5. The average Bonchev–Trinajstić information content (AvgIpc) is 3.19. The summed E-state index contributed by atoms with van der Waals surface area (Å²) < 4.78 is 11.1. The van der Waals surface area contributed by atoms with Crippen molar-refractivity contribution in [1.82, 2.24) is 4.90 Å². The van der Waals surface area contributed by atoms with Crippen molar-refractivity contribution in [2.24, 2.45) is 0 Å². The van der Waals surface area contributed by atoms with E-state index in [1.54, 1.807) is 11.2 Å². The third-order valence-electron chi connectivity index (χ3n) is 4.45. The minimum absolute atomic E-state index is 0.0394. The van der Waals surface area contributed by atoms with Crippen molar-refractivity contribution in [3.8, 4) is 5.75 Å². The van der Waals surface area contributed by atoms with E-state index >= 15 is 0 Å². The number of halogens is 1. The fraction of sp³-hybridized carbons (Fsp3) is 0.261. The smallest absolute Gasteiger partial charge is 0.261 e. The molecule has 3 rings (SSSR count). The van der Waals surface area contributed by atoms with E-state index in [9.17, 15) is 4.79 Å². The Morgan fingerprint density at radius 2 is 1.86 bits per heavy atom. The topological polar surface area (TPSA) is 42.7 Å². The molecule has 28 heavy (non-hydrogen) atoms. The number of hydrogen-bond acceptors (Lipinski definition) is 3. The number of ether oxygens (including phenoxy) is 1. The Balaban J connectivity index is 1.66. The average molecular weight is 398 g/mol. The molecule has 2 aromatic carbocycles. The minimum atomic E-state index is -0.121. The lowest BCUT2D eigenvalue weighted by Gasteiger charge is -2.22. The first-order chi connectivity index (χ1) is 13.5. The van der Waals surface area contributed by atoms with Crippen LogP contribution in [0.2, 0.25) is 5.02 Å². The van der Waals surface area contributed by atoms with Crippen molar-refractivity contribution < 1.29 is 13.9 Å². The SMILES string of the molecule is CC(C)c1ccc(OCC(=O)N(Cc2cccc(Cl)c2)Cc2ccco2)cc1. The van der Waals surface area contributed by atoms with Gasteiger partial charge in [-0.05, 0) is 53.4 Å². The normalized spacial score (nSPS) is 10.9. The summed E-state index contributed by atoms with van der Waals surface area (Å²) in [6.45, 7) is 5.04. The summed E-state index contributed by atoms with van der Waals surface area (Å²) in [6.07, 6.45) is 1.60. The van der Waals surface area contributed by atoms with Crippen LogP contribution in [0.25, 0.3) is 0 Å². The van der Waals surface area contributed by atoms with Gasteiger partial charge in [0, 0.05) is 11.6 Å². The van der Waals surface area contributed by atoms with Gasteiger partial charge in [0.05, 0.1) is 12.8 Å². The molecule has 0 saturated carbocycles. The van der Waals surface area contributed by atoms with Gasteiger partial charge < -0.3 is 14.1 Å². The first-order valence-corrected chi connectivity index (χ1v) is 9.66. The summed E-state index contributed by atoms with van der Waals surface area (Å²) in [4.78, 5) is 14.5. The van der Waals surface area contributed by atoms with Crippen molar-refractivity contribution >= 4 is 17.5 Å². The Hall–Kier alpha value is -2.72. The number of carbonyl (C=O) groups is 1. The summed E-state index contributed by atoms with van der Waals surface area (Å²) in [5.74, 6) is 1.73. The van der Waals surface area contributed by atoms with Gasteiger partial charge in [0.1, 0.15) is 11.5 Å². The van der Waals surface area contributed by atoms with Crippen LogP contribution in [0.3, 0.4) is 0 Å². The second-order valence-corrected chi connectivity index (χ2v) is 7.41. The fourth-order valence-electron chi connectivity index (χ4n) is 2.86. The number of hydrogen-bond donors (Lipinski definition) is 0. The Kier molecular flexibility index (Phi) is 6.77. The van der Waals surface area contributed by atoms with E-state index in [2.05, 4.69) is 13.8 Å². The highest BCUT2D eigenvalue weighted by Gasteiger charge is 2.17. The van der Waals surface area contributed by atoms with E-state index in [1.165, 1.54) is 5.56 Å². The van der Waals surface area contributed by atoms with Crippen LogP contribution in [-0.4, -0.2) is 17.4 Å². The molecule has 0 unspecified atom stereocenters. The maximum Gasteiger partial charge on any atom is 0.261 e. The van der Waals surface area contributed by atoms with Crippen molar-refractivity contribution in [1.29, 1.82) is 0 Å². The number of nitrogens with zero attached hydrogens (tertiary/aromatic N) is 1. The van der Waals surface area contributed by atoms with Crippen LogP contribution in [0.15, 0.2) is 71.3 Å². The van der Waals surface area contributed by atoms with Crippen LogP contribution in [0, 0.1) is 0 Å². The number of carbonyl (C=O) groups excluding carboxylic acids is 1. The van der Waals surface area contributed by atoms with Crippen LogP contribution in [0.5, 0.6) is 5.75 Å². The van der Waals surface area contributed by atoms with E-state index in [0.29, 0.717) is 29.8 Å². The highest BCUT2D eigenvalue weighted by Crippen LogP contribution is 2.19. The second kappa shape index (κ2) is 9.47. The molecule has 0 fully saturated rings. The van der Waals surface area contributed by atoms with Crippen molar-refractivity contribution in [3.63, 3.8) is 0 Å². The van der Waals surface area contributed by atoms with E-state index in [4.69, 9.17) is 20.8 Å². The number of amides is 1. The first kappa shape index (κ1) is 20.0. The quantitative estimate of drug-likeness (QED) is 0.492.